The number of hydrogen-bond donors (Lipinski definition) is 3. The van der Waals surface area contributed by atoms with Crippen LogP contribution in [0.15, 0.2) is 10.8 Å². The second kappa shape index (κ2) is 4.01. The summed E-state index contributed by atoms with van der Waals surface area (Å²) in [6.07, 6.45) is 1.84. The topological polar surface area (TPSA) is 92.9 Å². The van der Waals surface area contributed by atoms with Crippen LogP contribution in [-0.2, 0) is 4.79 Å². The highest BCUT2D eigenvalue weighted by molar-refractivity contribution is 9.10. The highest BCUT2D eigenvalue weighted by atomic mass is 79.9. The van der Waals surface area contributed by atoms with E-state index in [1.165, 1.54) is 6.33 Å². The van der Waals surface area contributed by atoms with Crippen LogP contribution in [0.2, 0.25) is 0 Å². The molecule has 15 heavy (non-hydrogen) atoms. The van der Waals surface area contributed by atoms with Gasteiger partial charge in [-0.15, -0.1) is 0 Å². The molecular weight excluding hydrogens is 262 g/mol. The summed E-state index contributed by atoms with van der Waals surface area (Å²) in [6.45, 7) is 0.606. The average Bonchev–Trinajstić information content (AvgIpc) is 2.59. The molecule has 0 saturated carbocycles. The molecule has 0 aromatic carbocycles. The first-order valence-electron chi connectivity index (χ1n) is 4.46. The Morgan fingerprint density at radius 2 is 2.40 bits per heavy atom. The van der Waals surface area contributed by atoms with Gasteiger partial charge in [0.15, 0.2) is 0 Å². The van der Waals surface area contributed by atoms with Crippen LogP contribution in [0.25, 0.3) is 0 Å². The van der Waals surface area contributed by atoms with E-state index in [1.807, 2.05) is 0 Å². The standard InChI is InChI=1S/C8H10BrN5O/c9-6-7(10)12-3-13-8(6)14-4-1-5(15)11-2-4/h3-4H,1-2H2,(H,11,15)(H3,10,12,13,14). The van der Waals surface area contributed by atoms with Crippen LogP contribution in [0.4, 0.5) is 11.6 Å². The summed E-state index contributed by atoms with van der Waals surface area (Å²) < 4.78 is 0.629. The Hall–Kier alpha value is -1.37. The van der Waals surface area contributed by atoms with E-state index in [0.29, 0.717) is 29.1 Å². The summed E-state index contributed by atoms with van der Waals surface area (Å²) in [5.41, 5.74) is 5.60. The van der Waals surface area contributed by atoms with Crippen molar-refractivity contribution in [2.24, 2.45) is 0 Å². The molecule has 7 heteroatoms. The molecule has 2 rings (SSSR count). The van der Waals surface area contributed by atoms with Gasteiger partial charge < -0.3 is 16.4 Å². The zero-order chi connectivity index (χ0) is 10.8. The second-order valence-corrected chi connectivity index (χ2v) is 4.06. The van der Waals surface area contributed by atoms with Gasteiger partial charge in [-0.05, 0) is 15.9 Å². The van der Waals surface area contributed by atoms with E-state index < -0.39 is 0 Å². The predicted molar refractivity (Wildman–Crippen MR) is 59.2 cm³/mol. The van der Waals surface area contributed by atoms with Crippen molar-refractivity contribution in [1.29, 1.82) is 0 Å². The molecule has 1 aliphatic heterocycles. The molecule has 0 radical (unpaired) electrons. The summed E-state index contributed by atoms with van der Waals surface area (Å²) in [4.78, 5) is 18.8. The molecule has 1 unspecified atom stereocenters. The first kappa shape index (κ1) is 10.2. The lowest BCUT2D eigenvalue weighted by Gasteiger charge is -2.12. The van der Waals surface area contributed by atoms with Crippen molar-refractivity contribution >= 4 is 33.5 Å². The average molecular weight is 272 g/mol. The van der Waals surface area contributed by atoms with E-state index >= 15 is 0 Å². The highest BCUT2D eigenvalue weighted by Gasteiger charge is 2.22. The Kier molecular flexibility index (Phi) is 2.72. The van der Waals surface area contributed by atoms with Crippen molar-refractivity contribution < 1.29 is 4.79 Å². The highest BCUT2D eigenvalue weighted by Crippen LogP contribution is 2.25. The third kappa shape index (κ3) is 2.17. The van der Waals surface area contributed by atoms with Crippen LogP contribution in [0.3, 0.4) is 0 Å². The quantitative estimate of drug-likeness (QED) is 0.711. The molecule has 1 aromatic heterocycles. The van der Waals surface area contributed by atoms with Crippen LogP contribution in [0.5, 0.6) is 0 Å². The third-order valence-corrected chi connectivity index (χ3v) is 2.92. The molecular formula is C8H10BrN5O. The number of carbonyl (C=O) groups is 1. The minimum absolute atomic E-state index is 0.0469. The maximum atomic E-state index is 11.0. The zero-order valence-electron chi connectivity index (χ0n) is 7.83. The Labute approximate surface area is 94.8 Å². The lowest BCUT2D eigenvalue weighted by Crippen LogP contribution is -2.23. The molecule has 1 fully saturated rings. The van der Waals surface area contributed by atoms with Gasteiger partial charge >= 0.3 is 0 Å². The zero-order valence-corrected chi connectivity index (χ0v) is 9.41. The van der Waals surface area contributed by atoms with Crippen molar-refractivity contribution in [3.8, 4) is 0 Å². The lowest BCUT2D eigenvalue weighted by molar-refractivity contribution is -0.119. The van der Waals surface area contributed by atoms with Gasteiger partial charge in [0, 0.05) is 13.0 Å². The Bertz CT molecular complexity index is 397. The maximum Gasteiger partial charge on any atom is 0.222 e. The SMILES string of the molecule is Nc1ncnc(NC2CNC(=O)C2)c1Br. The van der Waals surface area contributed by atoms with Crippen LogP contribution < -0.4 is 16.4 Å². The van der Waals surface area contributed by atoms with Gasteiger partial charge in [-0.2, -0.15) is 0 Å². The molecule has 1 aromatic rings. The van der Waals surface area contributed by atoms with Gasteiger partial charge in [-0.1, -0.05) is 0 Å². The van der Waals surface area contributed by atoms with Crippen molar-refractivity contribution in [2.75, 3.05) is 17.6 Å². The minimum Gasteiger partial charge on any atom is -0.383 e. The number of nitrogens with zero attached hydrogens (tertiary/aromatic N) is 2. The Morgan fingerprint density at radius 1 is 1.60 bits per heavy atom. The molecule has 0 bridgehead atoms. The number of nitrogens with one attached hydrogen (secondary N) is 2. The normalized spacial score (nSPS) is 20.1. The molecule has 1 saturated heterocycles. The fourth-order valence-corrected chi connectivity index (χ4v) is 1.70. The Morgan fingerprint density at radius 3 is 3.07 bits per heavy atom. The largest absolute Gasteiger partial charge is 0.383 e. The molecule has 4 N–H and O–H groups in total. The number of halogens is 1. The number of hydrogen-bond acceptors (Lipinski definition) is 5. The van der Waals surface area contributed by atoms with E-state index in [-0.39, 0.29) is 11.9 Å². The molecule has 1 amide bonds. The van der Waals surface area contributed by atoms with Crippen molar-refractivity contribution in [3.05, 3.63) is 10.8 Å². The van der Waals surface area contributed by atoms with Crippen LogP contribution in [0.1, 0.15) is 6.42 Å². The minimum atomic E-state index is 0.0469. The van der Waals surface area contributed by atoms with Gasteiger partial charge in [-0.3, -0.25) is 4.79 Å². The molecule has 1 atom stereocenters. The number of nitrogen functional groups attached to an aromatic ring is 1. The number of rotatable bonds is 2. The molecule has 1 aliphatic rings. The number of nitrogens with two attached hydrogens (primary N) is 1. The van der Waals surface area contributed by atoms with Gasteiger partial charge in [0.1, 0.15) is 22.4 Å². The lowest BCUT2D eigenvalue weighted by atomic mass is 10.2. The molecule has 0 spiro atoms. The fraction of sp³-hybridized carbons (Fsp3) is 0.375. The summed E-state index contributed by atoms with van der Waals surface area (Å²) in [7, 11) is 0. The smallest absolute Gasteiger partial charge is 0.222 e. The first-order chi connectivity index (χ1) is 7.16. The Balaban J connectivity index is 2.11. The number of amides is 1. The monoisotopic (exact) mass is 271 g/mol. The number of carbonyl (C=O) groups excluding carboxylic acids is 1. The second-order valence-electron chi connectivity index (χ2n) is 3.27. The van der Waals surface area contributed by atoms with E-state index in [1.54, 1.807) is 0 Å². The van der Waals surface area contributed by atoms with E-state index in [0.717, 1.165) is 0 Å². The van der Waals surface area contributed by atoms with Gasteiger partial charge in [0.05, 0.1) is 6.04 Å². The summed E-state index contributed by atoms with van der Waals surface area (Å²) in [6, 6.07) is 0.0584. The summed E-state index contributed by atoms with van der Waals surface area (Å²) in [5, 5.41) is 5.85. The summed E-state index contributed by atoms with van der Waals surface area (Å²) in [5.74, 6) is 1.04. The predicted octanol–water partition coefficient (Wildman–Crippen LogP) is 0.122. The van der Waals surface area contributed by atoms with Gasteiger partial charge in [-0.25, -0.2) is 9.97 Å². The van der Waals surface area contributed by atoms with E-state index in [2.05, 4.69) is 36.5 Å². The molecule has 6 nitrogen and oxygen atoms in total. The summed E-state index contributed by atoms with van der Waals surface area (Å²) >= 11 is 3.28. The van der Waals surface area contributed by atoms with Crippen LogP contribution >= 0.6 is 15.9 Å². The van der Waals surface area contributed by atoms with Crippen LogP contribution in [0, 0.1) is 0 Å². The van der Waals surface area contributed by atoms with Crippen molar-refractivity contribution in [1.82, 2.24) is 15.3 Å². The number of aromatic nitrogens is 2. The fourth-order valence-electron chi connectivity index (χ4n) is 1.38. The molecule has 80 valence electrons. The van der Waals surface area contributed by atoms with Gasteiger partial charge in [0.2, 0.25) is 5.91 Å². The molecule has 0 aliphatic carbocycles. The van der Waals surface area contributed by atoms with Crippen LogP contribution in [-0.4, -0.2) is 28.5 Å². The molecule has 2 heterocycles. The van der Waals surface area contributed by atoms with Crippen molar-refractivity contribution in [3.63, 3.8) is 0 Å². The third-order valence-electron chi connectivity index (χ3n) is 2.13. The van der Waals surface area contributed by atoms with E-state index in [9.17, 15) is 4.79 Å². The van der Waals surface area contributed by atoms with E-state index in [4.69, 9.17) is 5.73 Å². The van der Waals surface area contributed by atoms with Gasteiger partial charge in [0.25, 0.3) is 0 Å². The first-order valence-corrected chi connectivity index (χ1v) is 5.25. The van der Waals surface area contributed by atoms with Crippen molar-refractivity contribution in [2.45, 2.75) is 12.5 Å². The number of anilines is 2. The maximum absolute atomic E-state index is 11.0.